The highest BCUT2D eigenvalue weighted by Gasteiger charge is 2.15. The summed E-state index contributed by atoms with van der Waals surface area (Å²) in [7, 11) is 0. The van der Waals surface area contributed by atoms with Crippen LogP contribution in [0.15, 0.2) is 41.2 Å². The first-order valence-corrected chi connectivity index (χ1v) is 6.46. The molecule has 18 heavy (non-hydrogen) atoms. The average molecular weight is 372 g/mol. The van der Waals surface area contributed by atoms with Crippen LogP contribution in [0.4, 0.5) is 0 Å². The molecule has 0 aliphatic carbocycles. The highest BCUT2D eigenvalue weighted by atomic mass is 79.9. The highest BCUT2D eigenvalue weighted by molar-refractivity contribution is 9.11. The molecule has 90 valence electrons. The Morgan fingerprint density at radius 1 is 1.17 bits per heavy atom. The Hall–Kier alpha value is -1.47. The maximum atomic E-state index is 11.6. The second-order valence-corrected chi connectivity index (χ2v) is 5.41. The predicted octanol–water partition coefficient (Wildman–Crippen LogP) is 2.51. The number of nitrogens with zero attached hydrogens (tertiary/aromatic N) is 1. The van der Waals surface area contributed by atoms with E-state index in [0.29, 0.717) is 10.1 Å². The van der Waals surface area contributed by atoms with Gasteiger partial charge in [0, 0.05) is 9.86 Å². The molecular weight excluding hydrogens is 368 g/mol. The molecule has 1 aromatic carbocycles. The molecule has 0 atom stereocenters. The van der Waals surface area contributed by atoms with E-state index >= 15 is 0 Å². The van der Waals surface area contributed by atoms with Crippen molar-refractivity contribution < 1.29 is 4.42 Å². The Labute approximate surface area is 116 Å². The van der Waals surface area contributed by atoms with E-state index in [1.165, 1.54) is 0 Å². The number of nitrogens with one attached hydrogen (secondary N) is 1. The molecule has 1 aromatic rings. The topological polar surface area (TPSA) is 76.0 Å². The van der Waals surface area contributed by atoms with Crippen molar-refractivity contribution in [2.75, 3.05) is 0 Å². The molecule has 7 heteroatoms. The van der Waals surface area contributed by atoms with E-state index in [9.17, 15) is 9.59 Å². The summed E-state index contributed by atoms with van der Waals surface area (Å²) in [4.78, 5) is 28.5. The highest BCUT2D eigenvalue weighted by Crippen LogP contribution is 2.31. The molecule has 0 saturated carbocycles. The van der Waals surface area contributed by atoms with Crippen LogP contribution in [0.25, 0.3) is 22.4 Å². The quantitative estimate of drug-likeness (QED) is 0.616. The fourth-order valence-electron chi connectivity index (χ4n) is 1.69. The molecule has 0 saturated heterocycles. The molecule has 0 unspecified atom stereocenters. The van der Waals surface area contributed by atoms with Crippen LogP contribution in [0.1, 0.15) is 0 Å². The van der Waals surface area contributed by atoms with Gasteiger partial charge in [0.05, 0.1) is 4.47 Å². The number of hydrogen-bond acceptors (Lipinski definition) is 4. The van der Waals surface area contributed by atoms with Crippen LogP contribution in [0.2, 0.25) is 0 Å². The van der Waals surface area contributed by atoms with Gasteiger partial charge in [0.1, 0.15) is 5.56 Å². The smallest absolute Gasteiger partial charge is 0.351 e. The number of halogens is 2. The SMILES string of the molecule is O=c1nc2oc3c(Br)cc(Br)cc3cc-2c(=O)[nH]1. The first kappa shape index (κ1) is 11.6. The lowest BCUT2D eigenvalue weighted by Crippen LogP contribution is -2.24. The van der Waals surface area contributed by atoms with Gasteiger partial charge in [-0.2, -0.15) is 4.98 Å². The number of aromatic nitrogens is 2. The van der Waals surface area contributed by atoms with E-state index in [4.69, 9.17) is 4.42 Å². The van der Waals surface area contributed by atoms with Gasteiger partial charge in [-0.25, -0.2) is 4.79 Å². The van der Waals surface area contributed by atoms with Gasteiger partial charge in [-0.15, -0.1) is 0 Å². The molecule has 0 aromatic heterocycles. The van der Waals surface area contributed by atoms with Gasteiger partial charge >= 0.3 is 5.69 Å². The Balaban J connectivity index is 2.56. The Kier molecular flexibility index (Phi) is 2.60. The normalized spacial score (nSPS) is 11.2. The van der Waals surface area contributed by atoms with Crippen molar-refractivity contribution in [3.63, 3.8) is 0 Å². The first-order valence-electron chi connectivity index (χ1n) is 4.87. The van der Waals surface area contributed by atoms with Gasteiger partial charge in [0.2, 0.25) is 5.89 Å². The number of hydrogen-bond donors (Lipinski definition) is 1. The lowest BCUT2D eigenvalue weighted by Gasteiger charge is -2.06. The van der Waals surface area contributed by atoms with Gasteiger partial charge in [-0.1, -0.05) is 15.9 Å². The number of aromatic amines is 1. The lowest BCUT2D eigenvalue weighted by molar-refractivity contribution is 0.590. The molecule has 0 fully saturated rings. The largest absolute Gasteiger partial charge is 0.436 e. The molecular formula is C11H4Br2N2O3. The minimum absolute atomic E-state index is 0.0271. The predicted molar refractivity (Wildman–Crippen MR) is 72.9 cm³/mol. The van der Waals surface area contributed by atoms with Crippen molar-refractivity contribution in [2.24, 2.45) is 0 Å². The summed E-state index contributed by atoms with van der Waals surface area (Å²) in [6.45, 7) is 0. The standard InChI is InChI=1S/C11H4Br2N2O3/c12-5-1-4-2-6-9(16)14-11(17)15-10(6)18-8(4)7(13)3-5/h1-3H,(H,14,16,17). The average Bonchev–Trinajstić information content (AvgIpc) is 2.27. The molecule has 2 aliphatic heterocycles. The van der Waals surface area contributed by atoms with E-state index in [1.807, 2.05) is 12.1 Å². The number of benzene rings is 1. The van der Waals surface area contributed by atoms with Crippen molar-refractivity contribution in [1.29, 1.82) is 0 Å². The van der Waals surface area contributed by atoms with E-state index in [1.54, 1.807) is 6.07 Å². The maximum absolute atomic E-state index is 11.6. The summed E-state index contributed by atoms with van der Waals surface area (Å²) >= 11 is 6.71. The van der Waals surface area contributed by atoms with E-state index < -0.39 is 11.2 Å². The summed E-state index contributed by atoms with van der Waals surface area (Å²) in [5, 5.41) is 0.731. The van der Waals surface area contributed by atoms with Crippen molar-refractivity contribution in [2.45, 2.75) is 0 Å². The molecule has 2 aliphatic rings. The first-order chi connectivity index (χ1) is 8.54. The lowest BCUT2D eigenvalue weighted by atomic mass is 10.2. The Morgan fingerprint density at radius 2 is 1.94 bits per heavy atom. The Bertz CT molecular complexity index is 853. The van der Waals surface area contributed by atoms with E-state index in [2.05, 4.69) is 41.8 Å². The minimum Gasteiger partial charge on any atom is -0.436 e. The molecule has 0 spiro atoms. The van der Waals surface area contributed by atoms with Crippen LogP contribution in [0.3, 0.4) is 0 Å². The third kappa shape index (κ3) is 1.79. The zero-order valence-electron chi connectivity index (χ0n) is 8.66. The van der Waals surface area contributed by atoms with Crippen molar-refractivity contribution in [3.8, 4) is 11.5 Å². The summed E-state index contributed by atoms with van der Waals surface area (Å²) in [6.07, 6.45) is 0. The van der Waals surface area contributed by atoms with Gasteiger partial charge in [0.25, 0.3) is 5.56 Å². The molecule has 3 rings (SSSR count). The summed E-state index contributed by atoms with van der Waals surface area (Å²) in [5.74, 6) is 0.0271. The van der Waals surface area contributed by atoms with Crippen LogP contribution in [0, 0.1) is 0 Å². The van der Waals surface area contributed by atoms with Crippen molar-refractivity contribution >= 4 is 42.8 Å². The van der Waals surface area contributed by atoms with Crippen LogP contribution in [-0.2, 0) is 0 Å². The third-order valence-electron chi connectivity index (χ3n) is 2.43. The van der Waals surface area contributed by atoms with E-state index in [0.717, 1.165) is 9.86 Å². The number of H-pyrrole nitrogens is 1. The van der Waals surface area contributed by atoms with Crippen molar-refractivity contribution in [3.05, 3.63) is 48.0 Å². The summed E-state index contributed by atoms with van der Waals surface area (Å²) in [6, 6.07) is 5.26. The zero-order chi connectivity index (χ0) is 12.9. The number of rotatable bonds is 0. The third-order valence-corrected chi connectivity index (χ3v) is 3.48. The molecule has 1 N–H and O–H groups in total. The van der Waals surface area contributed by atoms with Gasteiger partial charge in [-0.05, 0) is 34.1 Å². The molecule has 0 bridgehead atoms. The fraction of sp³-hybridized carbons (Fsp3) is 0. The summed E-state index contributed by atoms with van der Waals surface area (Å²) in [5.41, 5.74) is -0.453. The van der Waals surface area contributed by atoms with Crippen LogP contribution in [-0.4, -0.2) is 9.97 Å². The maximum Gasteiger partial charge on any atom is 0.351 e. The molecule has 0 amide bonds. The van der Waals surface area contributed by atoms with Gasteiger partial charge in [0.15, 0.2) is 5.58 Å². The van der Waals surface area contributed by atoms with Crippen LogP contribution >= 0.6 is 31.9 Å². The Morgan fingerprint density at radius 3 is 2.72 bits per heavy atom. The molecule has 0 radical (unpaired) electrons. The molecule has 5 nitrogen and oxygen atoms in total. The van der Waals surface area contributed by atoms with Gasteiger partial charge < -0.3 is 4.42 Å². The van der Waals surface area contributed by atoms with Crippen molar-refractivity contribution in [1.82, 2.24) is 9.97 Å². The van der Waals surface area contributed by atoms with E-state index in [-0.39, 0.29) is 11.5 Å². The second kappa shape index (κ2) is 4.03. The minimum atomic E-state index is -0.719. The molecule has 2 heterocycles. The van der Waals surface area contributed by atoms with Gasteiger partial charge in [-0.3, -0.25) is 9.78 Å². The monoisotopic (exact) mass is 370 g/mol. The fourth-order valence-corrected chi connectivity index (χ4v) is 3.03. The van der Waals surface area contributed by atoms with Crippen LogP contribution in [0.5, 0.6) is 0 Å². The van der Waals surface area contributed by atoms with Crippen LogP contribution < -0.4 is 11.2 Å². The summed E-state index contributed by atoms with van der Waals surface area (Å²) < 4.78 is 7.05. The second-order valence-electron chi connectivity index (χ2n) is 3.64. The number of fused-ring (bicyclic) bond motifs is 2. The zero-order valence-corrected chi connectivity index (χ0v) is 11.8.